The number of ether oxygens (including phenoxy) is 2. The zero-order valence-corrected chi connectivity index (χ0v) is 30.8. The van der Waals surface area contributed by atoms with E-state index >= 15 is 0 Å². The smallest absolute Gasteiger partial charge is 0.549 e. The van der Waals surface area contributed by atoms with Crippen LogP contribution in [0.2, 0.25) is 0 Å². The molecule has 0 spiro atoms. The molecule has 0 bridgehead atoms. The van der Waals surface area contributed by atoms with Gasteiger partial charge in [-0.25, -0.2) is 24.9 Å². The number of imidazole rings is 1. The van der Waals surface area contributed by atoms with Crippen molar-refractivity contribution in [3.05, 3.63) is 36.3 Å². The number of nitrogens with zero attached hydrogens (tertiary/aromatic N) is 8. The summed E-state index contributed by atoms with van der Waals surface area (Å²) in [7, 11) is 3.52. The van der Waals surface area contributed by atoms with Crippen molar-refractivity contribution >= 4 is 28.6 Å². The number of carbonyl (C=O) groups is 1. The van der Waals surface area contributed by atoms with Gasteiger partial charge in [0.05, 0.1) is 43.0 Å². The Morgan fingerprint density at radius 1 is 1.10 bits per heavy atom. The Kier molecular flexibility index (Phi) is 12.1. The average Bonchev–Trinajstić information content (AvgIpc) is 3.44. The van der Waals surface area contributed by atoms with Crippen molar-refractivity contribution in [2.75, 3.05) is 69.9 Å². The van der Waals surface area contributed by atoms with Crippen molar-refractivity contribution in [2.24, 2.45) is 5.41 Å². The van der Waals surface area contributed by atoms with Crippen LogP contribution < -0.4 is 49.2 Å². The maximum absolute atomic E-state index is 14.0. The van der Waals surface area contributed by atoms with E-state index in [1.165, 1.54) is 6.20 Å². The summed E-state index contributed by atoms with van der Waals surface area (Å²) in [6.07, 6.45) is -0.153. The first-order chi connectivity index (χ1) is 22.7. The molecule has 1 fully saturated rings. The van der Waals surface area contributed by atoms with Gasteiger partial charge < -0.3 is 34.2 Å². The van der Waals surface area contributed by atoms with Gasteiger partial charge in [-0.1, -0.05) is 13.8 Å². The molecule has 1 aliphatic rings. The minimum atomic E-state index is -4.69. The first kappa shape index (κ1) is 38.2. The fraction of sp³-hybridized carbons (Fsp3) is 0.500. The Bertz CT molecular complexity index is 1750. The number of rotatable bonds is 12. The minimum Gasteiger partial charge on any atom is -0.549 e. The quantitative estimate of drug-likeness (QED) is 0.203. The van der Waals surface area contributed by atoms with Gasteiger partial charge in [-0.3, -0.25) is 4.90 Å². The molecule has 1 aliphatic heterocycles. The van der Waals surface area contributed by atoms with Crippen LogP contribution in [0, 0.1) is 5.41 Å². The fourth-order valence-electron chi connectivity index (χ4n) is 6.04. The molecule has 49 heavy (non-hydrogen) atoms. The second-order valence-electron chi connectivity index (χ2n) is 12.7. The molecule has 0 saturated carbocycles. The van der Waals surface area contributed by atoms with Crippen LogP contribution in [-0.4, -0.2) is 107 Å². The van der Waals surface area contributed by atoms with Crippen LogP contribution in [0.3, 0.4) is 0 Å². The Labute approximate surface area is 304 Å². The molecule has 1 atom stereocenters. The van der Waals surface area contributed by atoms with E-state index in [4.69, 9.17) is 9.47 Å². The van der Waals surface area contributed by atoms with Crippen LogP contribution in [0.1, 0.15) is 33.3 Å². The Hall–Kier alpha value is -3.57. The van der Waals surface area contributed by atoms with E-state index in [1.54, 1.807) is 32.5 Å². The number of carboxylic acid groups (broad SMARTS) is 1. The molecule has 5 heterocycles. The molecule has 0 radical (unpaired) electrons. The summed E-state index contributed by atoms with van der Waals surface area (Å²) in [5.41, 5.74) is 1.10. The molecule has 0 aliphatic carbocycles. The Morgan fingerprint density at radius 2 is 1.86 bits per heavy atom. The normalized spacial score (nSPS) is 15.7. The number of nitrogens with one attached hydrogen (secondary N) is 1. The number of methoxy groups -OCH3 is 1. The molecule has 0 aromatic carbocycles. The number of aromatic amines is 1. The molecular weight excluding hydrogens is 654 g/mol. The number of hydrogen-bond donors (Lipinski definition) is 1. The van der Waals surface area contributed by atoms with Gasteiger partial charge in [0.2, 0.25) is 5.88 Å². The number of anilines is 2. The zero-order chi connectivity index (χ0) is 34.8. The zero-order valence-electron chi connectivity index (χ0n) is 28.8. The van der Waals surface area contributed by atoms with Gasteiger partial charge in [0.1, 0.15) is 22.6 Å². The van der Waals surface area contributed by atoms with Gasteiger partial charge in [0.15, 0.2) is 11.5 Å². The molecule has 1 saturated heterocycles. The SMILES string of the molecule is CCOc1ncc(-c2cc(N(C)CC(C)(C)COC)c3[nH]c(-c4cnc(N5CCN(CC(=O)[O-])C[C@H]5C)cn4)nc3n2)cc1C(F)(F)F.[Na+]. The summed E-state index contributed by atoms with van der Waals surface area (Å²) in [6, 6.07) is 2.70. The van der Waals surface area contributed by atoms with Gasteiger partial charge in [-0.15, -0.1) is 0 Å². The summed E-state index contributed by atoms with van der Waals surface area (Å²) in [5.74, 6) is -0.582. The maximum Gasteiger partial charge on any atom is 1.00 e. The van der Waals surface area contributed by atoms with Crippen molar-refractivity contribution < 1.29 is 62.1 Å². The van der Waals surface area contributed by atoms with Crippen LogP contribution in [0.15, 0.2) is 30.7 Å². The predicted molar refractivity (Wildman–Crippen MR) is 171 cm³/mol. The van der Waals surface area contributed by atoms with Crippen molar-refractivity contribution in [3.8, 4) is 28.7 Å². The van der Waals surface area contributed by atoms with E-state index in [-0.39, 0.29) is 71.1 Å². The summed E-state index contributed by atoms with van der Waals surface area (Å²) < 4.78 is 52.5. The number of piperazine rings is 1. The third-order valence-corrected chi connectivity index (χ3v) is 8.02. The first-order valence-corrected chi connectivity index (χ1v) is 15.5. The number of fused-ring (bicyclic) bond motifs is 1. The minimum absolute atomic E-state index is 0. The van der Waals surface area contributed by atoms with Crippen LogP contribution >= 0.6 is 0 Å². The third kappa shape index (κ3) is 8.97. The summed E-state index contributed by atoms with van der Waals surface area (Å²) >= 11 is 0. The molecule has 0 unspecified atom stereocenters. The molecular formula is C32H39F3N9NaO4. The molecule has 258 valence electrons. The number of H-pyrrole nitrogens is 1. The van der Waals surface area contributed by atoms with E-state index in [2.05, 4.69) is 48.7 Å². The molecule has 1 N–H and O–H groups in total. The maximum atomic E-state index is 14.0. The second-order valence-corrected chi connectivity index (χ2v) is 12.7. The van der Waals surface area contributed by atoms with Crippen LogP contribution in [0.25, 0.3) is 33.9 Å². The monoisotopic (exact) mass is 693 g/mol. The number of aliphatic carboxylic acids is 1. The van der Waals surface area contributed by atoms with E-state index in [0.29, 0.717) is 61.3 Å². The first-order valence-electron chi connectivity index (χ1n) is 15.5. The number of carboxylic acids is 1. The average molecular weight is 694 g/mol. The largest absolute Gasteiger partial charge is 1.00 e. The number of pyridine rings is 2. The van der Waals surface area contributed by atoms with Crippen molar-refractivity contribution in [1.82, 2.24) is 34.8 Å². The Balaban J connectivity index is 0.00000541. The van der Waals surface area contributed by atoms with Crippen LogP contribution in [-0.2, 0) is 15.7 Å². The molecule has 17 heteroatoms. The second kappa shape index (κ2) is 15.5. The number of carbonyl (C=O) groups excluding carboxylic acids is 1. The van der Waals surface area contributed by atoms with Crippen molar-refractivity contribution in [3.63, 3.8) is 0 Å². The fourth-order valence-corrected chi connectivity index (χ4v) is 6.04. The summed E-state index contributed by atoms with van der Waals surface area (Å²) in [4.78, 5) is 42.7. The topological polar surface area (TPSA) is 149 Å². The molecule has 13 nitrogen and oxygen atoms in total. The van der Waals surface area contributed by atoms with E-state index in [9.17, 15) is 23.1 Å². The van der Waals surface area contributed by atoms with Crippen molar-refractivity contribution in [2.45, 2.75) is 39.9 Å². The van der Waals surface area contributed by atoms with Gasteiger partial charge >= 0.3 is 35.7 Å². The number of aromatic nitrogens is 6. The molecule has 4 aromatic rings. The van der Waals surface area contributed by atoms with Crippen LogP contribution in [0.4, 0.5) is 24.7 Å². The van der Waals surface area contributed by atoms with E-state index in [0.717, 1.165) is 6.07 Å². The van der Waals surface area contributed by atoms with Crippen molar-refractivity contribution in [1.29, 1.82) is 0 Å². The predicted octanol–water partition coefficient (Wildman–Crippen LogP) is 0.268. The van der Waals surface area contributed by atoms with Gasteiger partial charge in [-0.2, -0.15) is 13.2 Å². The molecule has 0 amide bonds. The summed E-state index contributed by atoms with van der Waals surface area (Å²) in [5, 5.41) is 11.0. The number of halogens is 3. The Morgan fingerprint density at radius 3 is 2.47 bits per heavy atom. The number of hydrogen-bond acceptors (Lipinski definition) is 12. The third-order valence-electron chi connectivity index (χ3n) is 8.02. The molecule has 5 rings (SSSR count). The van der Waals surface area contributed by atoms with Gasteiger partial charge in [-0.05, 0) is 26.0 Å². The standard InChI is InChI=1S/C32H40F3N9O4.Na/c1-7-48-30-21(32(33,34)35)10-20(12-38-30)22-11-24(42(5)17-31(3,4)18-47-6)27-29(39-22)41-28(40-27)23-13-37-25(14-36-23)44-9-8-43(15-19(44)2)16-26(45)46;/h10-14,19H,7-9,15-18H2,1-6H3,(H,45,46)(H,39,40,41);/q;+1/p-1/t19-;/m1./s1. The van der Waals surface area contributed by atoms with Crippen LogP contribution in [0.5, 0.6) is 5.88 Å². The van der Waals surface area contributed by atoms with E-state index < -0.39 is 23.6 Å². The molecule has 4 aromatic heterocycles. The van der Waals surface area contributed by atoms with Gasteiger partial charge in [0.25, 0.3) is 0 Å². The van der Waals surface area contributed by atoms with E-state index in [1.807, 2.05) is 23.8 Å². The van der Waals surface area contributed by atoms with Gasteiger partial charge in [0, 0.05) is 70.1 Å². The number of alkyl halides is 3. The summed E-state index contributed by atoms with van der Waals surface area (Å²) in [6.45, 7) is 10.3.